The maximum absolute atomic E-state index is 12.8. The molecule has 0 aliphatic carbocycles. The molecule has 16 nitrogen and oxygen atoms in total. The average Bonchev–Trinajstić information content (AvgIpc) is 2.88. The molecule has 1 saturated heterocycles. The molecule has 1 atom stereocenters. The van der Waals surface area contributed by atoms with E-state index in [1.807, 2.05) is 4.90 Å². The zero-order valence-corrected chi connectivity index (χ0v) is 25.3. The zero-order chi connectivity index (χ0) is 32.5. The Bertz CT molecular complexity index is 961. The lowest BCUT2D eigenvalue weighted by Crippen LogP contribution is -2.49. The van der Waals surface area contributed by atoms with Crippen LogP contribution in [0.15, 0.2) is 0 Å². The Balaban J connectivity index is 2.76. The summed E-state index contributed by atoms with van der Waals surface area (Å²) < 4.78 is 0. The fraction of sp³-hybridized carbons (Fsp3) is 0.741. The zero-order valence-electron chi connectivity index (χ0n) is 25.3. The number of hydrogen-bond acceptors (Lipinski definition) is 11. The second-order valence-electron chi connectivity index (χ2n) is 10.8. The number of likely N-dealkylation sites (N-methyl/N-ethyl adjacent to an activating group) is 1. The first kappa shape index (κ1) is 37.6. The van der Waals surface area contributed by atoms with E-state index in [4.69, 9.17) is 0 Å². The van der Waals surface area contributed by atoms with Gasteiger partial charge in [0, 0.05) is 72.2 Å². The monoisotopic (exact) mass is 614 g/mol. The largest absolute Gasteiger partial charge is 0.480 e. The van der Waals surface area contributed by atoms with Crippen LogP contribution in [-0.2, 0) is 33.6 Å². The molecule has 1 fully saturated rings. The van der Waals surface area contributed by atoms with Gasteiger partial charge in [0.05, 0.1) is 38.8 Å². The van der Waals surface area contributed by atoms with Gasteiger partial charge in [0.25, 0.3) is 0 Å². The molecule has 0 aromatic heterocycles. The van der Waals surface area contributed by atoms with Gasteiger partial charge in [0.1, 0.15) is 5.78 Å². The number of carbonyl (C=O) groups is 7. The highest BCUT2D eigenvalue weighted by Crippen LogP contribution is 2.05. The molecular formula is C27H46N6O10. The number of aliphatic carboxylic acids is 3. The van der Waals surface area contributed by atoms with Gasteiger partial charge in [-0.2, -0.15) is 0 Å². The molecule has 4 N–H and O–H groups in total. The summed E-state index contributed by atoms with van der Waals surface area (Å²) >= 11 is 0. The number of nitrogens with one attached hydrogen (secondary N) is 1. The van der Waals surface area contributed by atoms with Gasteiger partial charge >= 0.3 is 17.9 Å². The van der Waals surface area contributed by atoms with Crippen LogP contribution in [0.1, 0.15) is 33.1 Å². The predicted molar refractivity (Wildman–Crippen MR) is 153 cm³/mol. The van der Waals surface area contributed by atoms with E-state index in [1.165, 1.54) is 18.9 Å². The van der Waals surface area contributed by atoms with Crippen molar-refractivity contribution in [2.45, 2.75) is 39.2 Å². The number of carboxylic acids is 3. The predicted octanol–water partition coefficient (Wildman–Crippen LogP) is -2.25. The van der Waals surface area contributed by atoms with Gasteiger partial charge in [-0.1, -0.05) is 0 Å². The Hall–Kier alpha value is -3.47. The summed E-state index contributed by atoms with van der Waals surface area (Å²) in [5, 5.41) is 30.4. The number of carboxylic acid groups (broad SMARTS) is 3. The van der Waals surface area contributed by atoms with Crippen LogP contribution in [0.2, 0.25) is 0 Å². The fourth-order valence-electron chi connectivity index (χ4n) is 4.43. The number of nitrogens with zero attached hydrogens (tertiary/aromatic N) is 5. The van der Waals surface area contributed by atoms with Crippen molar-refractivity contribution in [2.24, 2.45) is 0 Å². The Kier molecular flexibility index (Phi) is 17.2. The van der Waals surface area contributed by atoms with Crippen LogP contribution in [0.5, 0.6) is 0 Å². The van der Waals surface area contributed by atoms with E-state index in [0.29, 0.717) is 26.2 Å². The lowest BCUT2D eigenvalue weighted by Gasteiger charge is -2.32. The Morgan fingerprint density at radius 1 is 0.674 bits per heavy atom. The Morgan fingerprint density at radius 2 is 1.05 bits per heavy atom. The summed E-state index contributed by atoms with van der Waals surface area (Å²) in [7, 11) is 1.46. The molecule has 0 unspecified atom stereocenters. The summed E-state index contributed by atoms with van der Waals surface area (Å²) in [6, 6.07) is -0.654. The molecule has 0 saturated carbocycles. The van der Waals surface area contributed by atoms with Gasteiger partial charge in [-0.05, 0) is 20.3 Å². The highest BCUT2D eigenvalue weighted by Gasteiger charge is 2.22. The van der Waals surface area contributed by atoms with E-state index < -0.39 is 29.9 Å². The third kappa shape index (κ3) is 17.3. The highest BCUT2D eigenvalue weighted by molar-refractivity contribution is 5.89. The molecule has 43 heavy (non-hydrogen) atoms. The number of ketones is 2. The van der Waals surface area contributed by atoms with E-state index in [9.17, 15) is 48.9 Å². The van der Waals surface area contributed by atoms with Crippen LogP contribution in [0, 0.1) is 0 Å². The number of carbonyl (C=O) groups excluding carboxylic acids is 4. The standard InChI is InChI=1S/C27H46N6O10/c1-20(21(2)34)28-23(36)16-29(3)24(37)6-4-5-22(35)15-30-7-9-31(17-25(38)39)11-13-33(19-27(42)43)14-12-32(10-8-30)18-26(40)41/h20H,4-19H2,1-3H3,(H,28,36)(H,38,39)(H,40,41)(H,42,43)/t20-/m0/s1. The second-order valence-corrected chi connectivity index (χ2v) is 10.8. The lowest BCUT2D eigenvalue weighted by molar-refractivity contribution is -0.140. The highest BCUT2D eigenvalue weighted by atomic mass is 16.4. The minimum Gasteiger partial charge on any atom is -0.480 e. The molecule has 1 aliphatic heterocycles. The molecule has 0 spiro atoms. The molecule has 0 aromatic carbocycles. The number of Topliss-reactive ketones (excluding diaryl/α,β-unsaturated/α-hetero) is 2. The van der Waals surface area contributed by atoms with E-state index >= 15 is 0 Å². The van der Waals surface area contributed by atoms with Crippen LogP contribution in [-0.4, -0.2) is 179 Å². The van der Waals surface area contributed by atoms with Gasteiger partial charge in [0.2, 0.25) is 11.8 Å². The maximum atomic E-state index is 12.8. The molecule has 0 radical (unpaired) electrons. The topological polar surface area (TPSA) is 208 Å². The van der Waals surface area contributed by atoms with Crippen molar-refractivity contribution in [2.75, 3.05) is 92.1 Å². The number of rotatable bonds is 16. The fourth-order valence-corrected chi connectivity index (χ4v) is 4.43. The lowest BCUT2D eigenvalue weighted by atomic mass is 10.1. The Labute approximate surface area is 251 Å². The average molecular weight is 615 g/mol. The number of hydrogen-bond donors (Lipinski definition) is 4. The minimum atomic E-state index is -1.04. The normalized spacial score (nSPS) is 17.2. The van der Waals surface area contributed by atoms with Crippen molar-refractivity contribution in [1.29, 1.82) is 0 Å². The van der Waals surface area contributed by atoms with E-state index in [2.05, 4.69) is 5.32 Å². The summed E-state index contributed by atoms with van der Waals surface area (Å²) in [6.07, 6.45) is 0.409. The smallest absolute Gasteiger partial charge is 0.317 e. The van der Waals surface area contributed by atoms with Crippen LogP contribution in [0.4, 0.5) is 0 Å². The molecule has 1 aliphatic rings. The first-order valence-corrected chi connectivity index (χ1v) is 14.3. The molecule has 0 bridgehead atoms. The van der Waals surface area contributed by atoms with E-state index in [1.54, 1.807) is 21.6 Å². The summed E-state index contributed by atoms with van der Waals surface area (Å²) in [4.78, 5) is 90.8. The summed E-state index contributed by atoms with van der Waals surface area (Å²) in [6.45, 7) is 4.32. The molecular weight excluding hydrogens is 568 g/mol. The Morgan fingerprint density at radius 3 is 1.40 bits per heavy atom. The van der Waals surface area contributed by atoms with Crippen molar-refractivity contribution in [3.63, 3.8) is 0 Å². The molecule has 0 aromatic rings. The maximum Gasteiger partial charge on any atom is 0.317 e. The summed E-state index contributed by atoms with van der Waals surface area (Å²) in [5.41, 5.74) is 0. The van der Waals surface area contributed by atoms with Gasteiger partial charge < -0.3 is 25.5 Å². The van der Waals surface area contributed by atoms with Crippen LogP contribution < -0.4 is 5.32 Å². The summed E-state index contributed by atoms with van der Waals surface area (Å²) in [5.74, 6) is -4.24. The minimum absolute atomic E-state index is 0.0301. The molecule has 1 rings (SSSR count). The van der Waals surface area contributed by atoms with Gasteiger partial charge in [0.15, 0.2) is 5.78 Å². The van der Waals surface area contributed by atoms with Crippen LogP contribution in [0.3, 0.4) is 0 Å². The number of amides is 2. The van der Waals surface area contributed by atoms with Gasteiger partial charge in [-0.3, -0.25) is 53.2 Å². The van der Waals surface area contributed by atoms with E-state index in [-0.39, 0.29) is 95.6 Å². The second kappa shape index (κ2) is 19.7. The molecule has 16 heteroatoms. The SMILES string of the molecule is CC(=O)[C@H](C)NC(=O)CN(C)C(=O)CCCC(=O)CN1CCN(CC(=O)O)CCN(CC(=O)O)CCN(CC(=O)O)CC1. The third-order valence-corrected chi connectivity index (χ3v) is 7.05. The third-order valence-electron chi connectivity index (χ3n) is 7.05. The molecule has 2 amide bonds. The first-order chi connectivity index (χ1) is 20.2. The van der Waals surface area contributed by atoms with E-state index in [0.717, 1.165) is 0 Å². The van der Waals surface area contributed by atoms with Crippen molar-refractivity contribution < 1.29 is 48.9 Å². The molecule has 244 valence electrons. The van der Waals surface area contributed by atoms with Crippen molar-refractivity contribution in [3.05, 3.63) is 0 Å². The van der Waals surface area contributed by atoms with Crippen molar-refractivity contribution in [3.8, 4) is 0 Å². The van der Waals surface area contributed by atoms with Gasteiger partial charge in [-0.15, -0.1) is 0 Å². The van der Waals surface area contributed by atoms with Gasteiger partial charge in [-0.25, -0.2) is 0 Å². The van der Waals surface area contributed by atoms with Crippen LogP contribution >= 0.6 is 0 Å². The van der Waals surface area contributed by atoms with Crippen molar-refractivity contribution >= 4 is 41.3 Å². The van der Waals surface area contributed by atoms with Crippen molar-refractivity contribution in [1.82, 2.24) is 29.8 Å². The first-order valence-electron chi connectivity index (χ1n) is 14.3. The quantitative estimate of drug-likeness (QED) is 0.145. The van der Waals surface area contributed by atoms with Crippen LogP contribution in [0.25, 0.3) is 0 Å². The molecule has 1 heterocycles.